The summed E-state index contributed by atoms with van der Waals surface area (Å²) in [7, 11) is 0. The molecule has 0 atom stereocenters. The minimum absolute atomic E-state index is 0.686. The van der Waals surface area contributed by atoms with Crippen LogP contribution in [0.4, 0.5) is 34.1 Å². The molecule has 0 fully saturated rings. The highest BCUT2D eigenvalue weighted by Gasteiger charge is 2.63. The van der Waals surface area contributed by atoms with E-state index in [-0.39, 0.29) is 0 Å². The molecule has 12 aromatic rings. The number of para-hydroxylation sites is 2. The van der Waals surface area contributed by atoms with Crippen LogP contribution in [-0.2, 0) is 10.8 Å². The molecule has 4 aliphatic rings. The molecule has 2 heteroatoms. The lowest BCUT2D eigenvalue weighted by atomic mass is 9.66. The molecule has 0 amide bonds. The lowest BCUT2D eigenvalue weighted by molar-refractivity contribution is 0.826. The molecule has 0 aromatic heterocycles. The second-order valence-corrected chi connectivity index (χ2v) is 22.0. The molecule has 0 unspecified atom stereocenters. The highest BCUT2D eigenvalue weighted by Crippen LogP contribution is 2.75. The van der Waals surface area contributed by atoms with Crippen molar-refractivity contribution in [1.82, 2.24) is 0 Å². The van der Waals surface area contributed by atoms with Gasteiger partial charge in [-0.3, -0.25) is 0 Å². The molecule has 4 aliphatic carbocycles. The topological polar surface area (TPSA) is 6.48 Å². The number of anilines is 6. The first-order valence-electron chi connectivity index (χ1n) is 28.0. The lowest BCUT2D eigenvalue weighted by Crippen LogP contribution is -2.29. The van der Waals surface area contributed by atoms with Gasteiger partial charge < -0.3 is 9.80 Å². The molecule has 0 bridgehead atoms. The van der Waals surface area contributed by atoms with Crippen LogP contribution in [-0.4, -0.2) is 0 Å². The number of rotatable bonds is 8. The fraction of sp³-hybridized carbons (Fsp3) is 0.0513. The lowest BCUT2D eigenvalue weighted by Gasteiger charge is -2.37. The third-order valence-corrected chi connectivity index (χ3v) is 17.8. The number of hydrogen-bond donors (Lipinski definition) is 0. The molecule has 2 spiro atoms. The van der Waals surface area contributed by atoms with Gasteiger partial charge >= 0.3 is 0 Å². The van der Waals surface area contributed by atoms with Crippen molar-refractivity contribution in [2.45, 2.75) is 24.7 Å². The van der Waals surface area contributed by atoms with Crippen LogP contribution < -0.4 is 9.80 Å². The van der Waals surface area contributed by atoms with E-state index in [0.717, 1.165) is 34.1 Å². The van der Waals surface area contributed by atoms with Gasteiger partial charge in [-0.1, -0.05) is 242 Å². The average molecular weight is 1020 g/mol. The zero-order valence-electron chi connectivity index (χ0n) is 44.6. The Morgan fingerprint density at radius 3 is 0.863 bits per heavy atom. The number of benzene rings is 12. The van der Waals surface area contributed by atoms with Gasteiger partial charge in [0.05, 0.1) is 22.2 Å². The van der Waals surface area contributed by atoms with Gasteiger partial charge in [0.1, 0.15) is 0 Å². The molecular weight excluding hydrogens is 965 g/mol. The summed E-state index contributed by atoms with van der Waals surface area (Å²) in [6, 6.07) is 110. The number of hydrogen-bond acceptors (Lipinski definition) is 2. The van der Waals surface area contributed by atoms with Gasteiger partial charge in [-0.15, -0.1) is 0 Å². The summed E-state index contributed by atoms with van der Waals surface area (Å²) in [5, 5.41) is 0. The quantitative estimate of drug-likeness (QED) is 0.150. The van der Waals surface area contributed by atoms with Gasteiger partial charge in [0.15, 0.2) is 0 Å². The zero-order valence-corrected chi connectivity index (χ0v) is 44.6. The summed E-state index contributed by atoms with van der Waals surface area (Å²) in [5.41, 5.74) is 30.8. The molecule has 16 rings (SSSR count). The maximum absolute atomic E-state index is 2.57. The molecule has 0 aliphatic heterocycles. The highest BCUT2D eigenvalue weighted by molar-refractivity contribution is 6.20. The van der Waals surface area contributed by atoms with E-state index in [0.29, 0.717) is 0 Å². The molecule has 0 saturated heterocycles. The van der Waals surface area contributed by atoms with E-state index in [1.165, 1.54) is 111 Å². The summed E-state index contributed by atoms with van der Waals surface area (Å²) < 4.78 is 0. The largest absolute Gasteiger partial charge is 0.310 e. The predicted molar refractivity (Wildman–Crippen MR) is 333 cm³/mol. The fourth-order valence-corrected chi connectivity index (χ4v) is 14.6. The Bertz CT molecular complexity index is 4110. The predicted octanol–water partition coefficient (Wildman–Crippen LogP) is 20.1. The maximum atomic E-state index is 2.57. The van der Waals surface area contributed by atoms with Crippen LogP contribution in [0, 0.1) is 13.8 Å². The standard InChI is InChI=1S/C78H54N2/c1-51-37-41-55(42-38-51)79(73-35-19-13-25-59(73)53-21-5-3-6-22-53)57-45-47-65-71(49-57)77(67-31-15-9-27-61(67)62-28-10-16-32-68(62)77)76-66-48-46-58(50-72(66)78(75(65)76)69-33-17-11-29-63(69)64-30-12-18-34-70(64)78)80(56-43-39-52(2)40-44-56)74-36-20-14-26-60(74)54-23-7-4-8-24-54/h3-50H,1-2H3. The van der Waals surface area contributed by atoms with Crippen LogP contribution in [0.3, 0.4) is 0 Å². The number of fused-ring (bicyclic) bond motifs is 18. The summed E-state index contributed by atoms with van der Waals surface area (Å²) >= 11 is 0. The van der Waals surface area contributed by atoms with Crippen LogP contribution in [0.25, 0.3) is 55.7 Å². The van der Waals surface area contributed by atoms with Crippen LogP contribution in [0.15, 0.2) is 291 Å². The number of aryl methyl sites for hydroxylation is 2. The zero-order chi connectivity index (χ0) is 53.1. The van der Waals surface area contributed by atoms with E-state index in [4.69, 9.17) is 0 Å². The van der Waals surface area contributed by atoms with E-state index < -0.39 is 10.8 Å². The van der Waals surface area contributed by atoms with Crippen LogP contribution in [0.5, 0.6) is 0 Å². The van der Waals surface area contributed by atoms with E-state index in [1.807, 2.05) is 0 Å². The van der Waals surface area contributed by atoms with Crippen LogP contribution >= 0.6 is 0 Å². The molecule has 0 N–H and O–H groups in total. The van der Waals surface area contributed by atoms with E-state index >= 15 is 0 Å². The van der Waals surface area contributed by atoms with Crippen LogP contribution in [0.1, 0.15) is 55.6 Å². The normalized spacial score (nSPS) is 14.0. The summed E-state index contributed by atoms with van der Waals surface area (Å²) in [6.07, 6.45) is 0. The van der Waals surface area contributed by atoms with Crippen molar-refractivity contribution in [1.29, 1.82) is 0 Å². The summed E-state index contributed by atoms with van der Waals surface area (Å²) in [6.45, 7) is 4.35. The smallest absolute Gasteiger partial charge is 0.0729 e. The summed E-state index contributed by atoms with van der Waals surface area (Å²) in [4.78, 5) is 4.99. The number of nitrogens with zero attached hydrogens (tertiary/aromatic N) is 2. The van der Waals surface area contributed by atoms with Crippen molar-refractivity contribution in [2.24, 2.45) is 0 Å². The van der Waals surface area contributed by atoms with Crippen molar-refractivity contribution in [2.75, 3.05) is 9.80 Å². The Hall–Kier alpha value is -10.0. The van der Waals surface area contributed by atoms with Crippen molar-refractivity contribution < 1.29 is 0 Å². The molecule has 0 heterocycles. The van der Waals surface area contributed by atoms with E-state index in [9.17, 15) is 0 Å². The molecule has 376 valence electrons. The second kappa shape index (κ2) is 17.8. The number of allylic oxidation sites excluding steroid dienone is 2. The Morgan fingerprint density at radius 1 is 0.225 bits per heavy atom. The Labute approximate surface area is 468 Å². The molecule has 12 aromatic carbocycles. The van der Waals surface area contributed by atoms with Crippen molar-refractivity contribution in [3.8, 4) is 44.5 Å². The van der Waals surface area contributed by atoms with E-state index in [1.54, 1.807) is 0 Å². The maximum Gasteiger partial charge on any atom is 0.0729 e. The first-order valence-corrected chi connectivity index (χ1v) is 28.0. The molecule has 80 heavy (non-hydrogen) atoms. The molecule has 0 saturated carbocycles. The first-order chi connectivity index (χ1) is 39.5. The van der Waals surface area contributed by atoms with Crippen LogP contribution in [0.2, 0.25) is 0 Å². The Balaban J connectivity index is 1.02. The van der Waals surface area contributed by atoms with Gasteiger partial charge in [-0.05, 0) is 164 Å². The van der Waals surface area contributed by atoms with Gasteiger partial charge in [0, 0.05) is 33.9 Å². The SMILES string of the molecule is Cc1ccc(N(c2ccc3c(c2)C2(C4=C3C3(c5cc(N(c6ccc(C)cc6)c6ccccc6-c6ccccc6)ccc54)c4ccccc4-c4ccccc43)c3ccccc3-c3ccccc32)c2ccccc2-c2ccccc2)cc1. The average Bonchev–Trinajstić information content (AvgIpc) is 4.01. The van der Waals surface area contributed by atoms with Crippen molar-refractivity contribution in [3.05, 3.63) is 347 Å². The van der Waals surface area contributed by atoms with Crippen molar-refractivity contribution in [3.63, 3.8) is 0 Å². The minimum atomic E-state index is -0.686. The minimum Gasteiger partial charge on any atom is -0.310 e. The summed E-state index contributed by atoms with van der Waals surface area (Å²) in [5.74, 6) is 0. The first kappa shape index (κ1) is 46.1. The molecule has 0 radical (unpaired) electrons. The Kier molecular flexibility index (Phi) is 10.2. The van der Waals surface area contributed by atoms with Gasteiger partial charge in [-0.25, -0.2) is 0 Å². The third kappa shape index (κ3) is 6.42. The van der Waals surface area contributed by atoms with Crippen molar-refractivity contribution >= 4 is 45.3 Å². The third-order valence-electron chi connectivity index (χ3n) is 17.8. The van der Waals surface area contributed by atoms with Gasteiger partial charge in [-0.2, -0.15) is 0 Å². The monoisotopic (exact) mass is 1020 g/mol. The Morgan fingerprint density at radius 2 is 0.512 bits per heavy atom. The molecular formula is C78H54N2. The van der Waals surface area contributed by atoms with Gasteiger partial charge in [0.2, 0.25) is 0 Å². The second-order valence-electron chi connectivity index (χ2n) is 22.0. The van der Waals surface area contributed by atoms with E-state index in [2.05, 4.69) is 315 Å². The highest BCUT2D eigenvalue weighted by atomic mass is 15.2. The van der Waals surface area contributed by atoms with Gasteiger partial charge in [0.25, 0.3) is 0 Å². The molecule has 2 nitrogen and oxygen atoms in total. The fourth-order valence-electron chi connectivity index (χ4n) is 14.6.